The molecule has 0 spiro atoms. The van der Waals surface area contributed by atoms with Crippen molar-refractivity contribution in [3.63, 3.8) is 0 Å². The summed E-state index contributed by atoms with van der Waals surface area (Å²) in [5, 5.41) is 14.3. The zero-order valence-electron chi connectivity index (χ0n) is 13.0. The molecule has 122 valence electrons. The van der Waals surface area contributed by atoms with Gasteiger partial charge in [-0.25, -0.2) is 9.07 Å². The van der Waals surface area contributed by atoms with Crippen LogP contribution in [0, 0.1) is 12.7 Å². The minimum Gasteiger partial charge on any atom is -0.480 e. The van der Waals surface area contributed by atoms with Crippen LogP contribution in [0.4, 0.5) is 10.1 Å². The standard InChI is InChI=1S/C16H14FN5O2/c1-10-13(9-18-22(10)14-6-4-3-5-11(14)17)19-16(23)12-7-8-15(24-2)21-20-12/h3-9H,1-2H3,(H,19,23). The van der Waals surface area contributed by atoms with E-state index in [0.29, 0.717) is 22.9 Å². The number of halogens is 1. The van der Waals surface area contributed by atoms with E-state index < -0.39 is 11.7 Å². The van der Waals surface area contributed by atoms with Gasteiger partial charge in [0.05, 0.1) is 24.7 Å². The maximum Gasteiger partial charge on any atom is 0.276 e. The van der Waals surface area contributed by atoms with Gasteiger partial charge in [-0.2, -0.15) is 5.10 Å². The first-order chi connectivity index (χ1) is 11.6. The topological polar surface area (TPSA) is 81.9 Å². The Hall–Kier alpha value is -3.29. The highest BCUT2D eigenvalue weighted by molar-refractivity contribution is 6.03. The van der Waals surface area contributed by atoms with E-state index in [2.05, 4.69) is 20.6 Å². The number of ether oxygens (including phenoxy) is 1. The molecule has 0 atom stereocenters. The second kappa shape index (κ2) is 6.45. The number of nitrogens with one attached hydrogen (secondary N) is 1. The Morgan fingerprint density at radius 3 is 2.67 bits per heavy atom. The monoisotopic (exact) mass is 327 g/mol. The lowest BCUT2D eigenvalue weighted by atomic mass is 10.3. The molecule has 0 fully saturated rings. The van der Waals surface area contributed by atoms with E-state index in [4.69, 9.17) is 4.74 Å². The molecule has 1 amide bonds. The van der Waals surface area contributed by atoms with Crippen molar-refractivity contribution in [1.29, 1.82) is 0 Å². The van der Waals surface area contributed by atoms with E-state index in [0.717, 1.165) is 0 Å². The maximum atomic E-state index is 13.9. The van der Waals surface area contributed by atoms with Gasteiger partial charge >= 0.3 is 0 Å². The van der Waals surface area contributed by atoms with E-state index in [1.165, 1.54) is 36.2 Å². The lowest BCUT2D eigenvalue weighted by molar-refractivity contribution is 0.102. The van der Waals surface area contributed by atoms with Gasteiger partial charge < -0.3 is 10.1 Å². The highest BCUT2D eigenvalue weighted by atomic mass is 19.1. The van der Waals surface area contributed by atoms with Crippen LogP contribution in [0.1, 0.15) is 16.2 Å². The molecule has 8 heteroatoms. The number of anilines is 1. The molecule has 0 aliphatic rings. The Kier molecular flexibility index (Phi) is 4.19. The van der Waals surface area contributed by atoms with Crippen molar-refractivity contribution >= 4 is 11.6 Å². The molecule has 1 N–H and O–H groups in total. The molecule has 0 radical (unpaired) electrons. The molecule has 0 saturated carbocycles. The molecule has 1 aromatic carbocycles. The Morgan fingerprint density at radius 1 is 1.21 bits per heavy atom. The molecule has 0 aliphatic carbocycles. The van der Waals surface area contributed by atoms with Gasteiger partial charge in [-0.15, -0.1) is 10.2 Å². The first-order valence-corrected chi connectivity index (χ1v) is 7.08. The van der Waals surface area contributed by atoms with Crippen LogP contribution >= 0.6 is 0 Å². The summed E-state index contributed by atoms with van der Waals surface area (Å²) in [5.74, 6) is -0.529. The summed E-state index contributed by atoms with van der Waals surface area (Å²) in [5.41, 5.74) is 1.49. The smallest absolute Gasteiger partial charge is 0.276 e. The summed E-state index contributed by atoms with van der Waals surface area (Å²) >= 11 is 0. The number of methoxy groups -OCH3 is 1. The van der Waals surface area contributed by atoms with Gasteiger partial charge in [-0.05, 0) is 25.1 Å². The fourth-order valence-electron chi connectivity index (χ4n) is 2.14. The minimum absolute atomic E-state index is 0.133. The fourth-order valence-corrected chi connectivity index (χ4v) is 2.14. The Bertz CT molecular complexity index is 876. The summed E-state index contributed by atoms with van der Waals surface area (Å²) in [6.07, 6.45) is 1.45. The van der Waals surface area contributed by atoms with Crippen molar-refractivity contribution in [2.45, 2.75) is 6.92 Å². The normalized spacial score (nSPS) is 10.5. The predicted molar refractivity (Wildman–Crippen MR) is 84.8 cm³/mol. The van der Waals surface area contributed by atoms with E-state index in [9.17, 15) is 9.18 Å². The quantitative estimate of drug-likeness (QED) is 0.795. The summed E-state index contributed by atoms with van der Waals surface area (Å²) in [6.45, 7) is 1.73. The van der Waals surface area contributed by atoms with Crippen LogP contribution in [0.2, 0.25) is 0 Å². The SMILES string of the molecule is COc1ccc(C(=O)Nc2cnn(-c3ccccc3F)c2C)nn1. The number of rotatable bonds is 4. The van der Waals surface area contributed by atoms with Crippen LogP contribution in [0.5, 0.6) is 5.88 Å². The molecule has 7 nitrogen and oxygen atoms in total. The Balaban J connectivity index is 1.83. The number of carbonyl (C=O) groups excluding carboxylic acids is 1. The van der Waals surface area contributed by atoms with Gasteiger partial charge in [0.2, 0.25) is 5.88 Å². The van der Waals surface area contributed by atoms with E-state index in [1.54, 1.807) is 25.1 Å². The third-order valence-corrected chi connectivity index (χ3v) is 3.42. The summed E-state index contributed by atoms with van der Waals surface area (Å²) < 4.78 is 20.2. The van der Waals surface area contributed by atoms with Crippen molar-refractivity contribution < 1.29 is 13.9 Å². The number of nitrogens with zero attached hydrogens (tertiary/aromatic N) is 4. The molecular weight excluding hydrogens is 313 g/mol. The van der Waals surface area contributed by atoms with E-state index >= 15 is 0 Å². The van der Waals surface area contributed by atoms with Crippen LogP contribution in [0.15, 0.2) is 42.6 Å². The molecule has 0 aliphatic heterocycles. The van der Waals surface area contributed by atoms with Gasteiger partial charge in [-0.1, -0.05) is 12.1 Å². The summed E-state index contributed by atoms with van der Waals surface area (Å²) in [6, 6.07) is 9.31. The second-order valence-electron chi connectivity index (χ2n) is 4.92. The van der Waals surface area contributed by atoms with Gasteiger partial charge in [0.1, 0.15) is 11.5 Å². The number of aromatic nitrogens is 4. The summed E-state index contributed by atoms with van der Waals surface area (Å²) in [7, 11) is 1.46. The minimum atomic E-state index is -0.443. The lowest BCUT2D eigenvalue weighted by Gasteiger charge is -2.07. The number of amides is 1. The van der Waals surface area contributed by atoms with Crippen molar-refractivity contribution in [2.24, 2.45) is 0 Å². The third-order valence-electron chi connectivity index (χ3n) is 3.42. The van der Waals surface area contributed by atoms with Gasteiger partial charge in [0.25, 0.3) is 5.91 Å². The van der Waals surface area contributed by atoms with E-state index in [-0.39, 0.29) is 5.69 Å². The van der Waals surface area contributed by atoms with Crippen molar-refractivity contribution in [3.8, 4) is 11.6 Å². The molecule has 0 unspecified atom stereocenters. The summed E-state index contributed by atoms with van der Waals surface area (Å²) in [4.78, 5) is 12.2. The number of hydrogen-bond donors (Lipinski definition) is 1. The molecule has 3 aromatic rings. The molecule has 2 heterocycles. The van der Waals surface area contributed by atoms with Crippen molar-refractivity contribution in [1.82, 2.24) is 20.0 Å². The second-order valence-corrected chi connectivity index (χ2v) is 4.92. The zero-order chi connectivity index (χ0) is 17.1. The predicted octanol–water partition coefficient (Wildman–Crippen LogP) is 2.37. The lowest BCUT2D eigenvalue weighted by Crippen LogP contribution is -2.15. The Labute approximate surface area is 137 Å². The van der Waals surface area contributed by atoms with Gasteiger partial charge in [0, 0.05) is 6.07 Å². The highest BCUT2D eigenvalue weighted by Crippen LogP contribution is 2.20. The van der Waals surface area contributed by atoms with Crippen molar-refractivity contribution in [3.05, 3.63) is 59.8 Å². The molecule has 3 rings (SSSR count). The van der Waals surface area contributed by atoms with Crippen LogP contribution in [-0.2, 0) is 0 Å². The Morgan fingerprint density at radius 2 is 2.00 bits per heavy atom. The molecule has 24 heavy (non-hydrogen) atoms. The average molecular weight is 327 g/mol. The van der Waals surface area contributed by atoms with Crippen molar-refractivity contribution in [2.75, 3.05) is 12.4 Å². The van der Waals surface area contributed by atoms with E-state index in [1.807, 2.05) is 0 Å². The number of hydrogen-bond acceptors (Lipinski definition) is 5. The van der Waals surface area contributed by atoms with Crippen LogP contribution in [-0.4, -0.2) is 33.0 Å². The molecule has 0 bridgehead atoms. The first kappa shape index (κ1) is 15.6. The number of benzene rings is 1. The van der Waals surface area contributed by atoms with Crippen LogP contribution in [0.3, 0.4) is 0 Å². The number of carbonyl (C=O) groups is 1. The maximum absolute atomic E-state index is 13.9. The zero-order valence-corrected chi connectivity index (χ0v) is 13.0. The average Bonchev–Trinajstić information content (AvgIpc) is 2.96. The van der Waals surface area contributed by atoms with Gasteiger partial charge in [0.15, 0.2) is 5.69 Å². The molecule has 2 aromatic heterocycles. The number of para-hydroxylation sites is 1. The molecular formula is C16H14FN5O2. The fraction of sp³-hybridized carbons (Fsp3) is 0.125. The van der Waals surface area contributed by atoms with Crippen LogP contribution in [0.25, 0.3) is 5.69 Å². The van der Waals surface area contributed by atoms with Crippen LogP contribution < -0.4 is 10.1 Å². The highest BCUT2D eigenvalue weighted by Gasteiger charge is 2.15. The molecule has 0 saturated heterocycles. The first-order valence-electron chi connectivity index (χ1n) is 7.08. The third kappa shape index (κ3) is 2.94. The van der Waals surface area contributed by atoms with Gasteiger partial charge in [-0.3, -0.25) is 4.79 Å². The largest absolute Gasteiger partial charge is 0.480 e.